The largest absolute Gasteiger partial charge is 0.573 e. The van der Waals surface area contributed by atoms with Crippen LogP contribution in [0.4, 0.5) is 26.3 Å². The number of ether oxygens (including phenoxy) is 1. The summed E-state index contributed by atoms with van der Waals surface area (Å²) in [6.07, 6.45) is -1.90. The average molecular weight is 517 g/mol. The first-order chi connectivity index (χ1) is 17.6. The highest BCUT2D eigenvalue weighted by atomic mass is 19.4. The Hall–Kier alpha value is -3.48. The van der Waals surface area contributed by atoms with Crippen LogP contribution in [0.15, 0.2) is 66.7 Å². The molecule has 0 bridgehead atoms. The molecule has 4 aromatic rings. The van der Waals surface area contributed by atoms with Gasteiger partial charge in [-0.05, 0) is 84.0 Å². The third kappa shape index (κ3) is 6.85. The Morgan fingerprint density at radius 1 is 0.649 bits per heavy atom. The van der Waals surface area contributed by atoms with Crippen molar-refractivity contribution in [3.63, 3.8) is 0 Å². The molecule has 0 heterocycles. The maximum absolute atomic E-state index is 15.2. The van der Waals surface area contributed by atoms with Gasteiger partial charge in [-0.25, -0.2) is 13.2 Å². The van der Waals surface area contributed by atoms with Crippen LogP contribution in [0.1, 0.15) is 41.2 Å². The van der Waals surface area contributed by atoms with Crippen molar-refractivity contribution < 1.29 is 31.1 Å². The van der Waals surface area contributed by atoms with E-state index in [1.165, 1.54) is 36.4 Å². The lowest BCUT2D eigenvalue weighted by atomic mass is 9.96. The third-order valence-electron chi connectivity index (χ3n) is 6.34. The zero-order valence-electron chi connectivity index (χ0n) is 20.3. The summed E-state index contributed by atoms with van der Waals surface area (Å²) in [7, 11) is 0. The van der Waals surface area contributed by atoms with E-state index in [1.54, 1.807) is 24.3 Å². The second-order valence-electron chi connectivity index (χ2n) is 9.07. The van der Waals surface area contributed by atoms with Crippen LogP contribution in [0.3, 0.4) is 0 Å². The predicted molar refractivity (Wildman–Crippen MR) is 132 cm³/mol. The van der Waals surface area contributed by atoms with E-state index < -0.39 is 18.0 Å². The van der Waals surface area contributed by atoms with Gasteiger partial charge in [-0.3, -0.25) is 0 Å². The maximum atomic E-state index is 15.2. The zero-order chi connectivity index (χ0) is 26.6. The molecule has 0 aliphatic carbocycles. The highest BCUT2D eigenvalue weighted by molar-refractivity contribution is 5.84. The Kier molecular flexibility index (Phi) is 8.10. The van der Waals surface area contributed by atoms with Crippen LogP contribution in [0, 0.1) is 17.5 Å². The molecule has 0 aromatic heterocycles. The van der Waals surface area contributed by atoms with E-state index in [-0.39, 0.29) is 23.6 Å². The number of rotatable bonds is 9. The Labute approximate surface area is 211 Å². The van der Waals surface area contributed by atoms with E-state index in [0.29, 0.717) is 47.6 Å². The molecule has 0 spiro atoms. The lowest BCUT2D eigenvalue weighted by Crippen LogP contribution is -2.17. The first-order valence-electron chi connectivity index (χ1n) is 12.1. The van der Waals surface area contributed by atoms with Gasteiger partial charge >= 0.3 is 6.36 Å². The number of halogens is 6. The Bertz CT molecular complexity index is 1350. The fourth-order valence-electron chi connectivity index (χ4n) is 4.47. The van der Waals surface area contributed by atoms with Gasteiger partial charge in [0.1, 0.15) is 23.2 Å². The lowest BCUT2D eigenvalue weighted by molar-refractivity contribution is -0.274. The number of alkyl halides is 3. The standard InChI is InChI=1S/C30H26F6O/c1-2-3-21-17-27(31)26(28(32)18-21)15-8-20-7-14-25-23(16-20)11-10-22(29(25)33)9-4-19-5-12-24(13-6-19)37-30(34,35)36/h5-7,10-14,16-18H,2-4,8-9,15H2,1H3. The Balaban J connectivity index is 1.42. The molecular weight excluding hydrogens is 490 g/mol. The summed E-state index contributed by atoms with van der Waals surface area (Å²) in [6, 6.07) is 17.0. The molecule has 37 heavy (non-hydrogen) atoms. The molecule has 7 heteroatoms. The maximum Gasteiger partial charge on any atom is 0.573 e. The third-order valence-corrected chi connectivity index (χ3v) is 6.34. The van der Waals surface area contributed by atoms with E-state index in [1.807, 2.05) is 13.0 Å². The van der Waals surface area contributed by atoms with Gasteiger partial charge in [0.05, 0.1) is 0 Å². The van der Waals surface area contributed by atoms with Crippen LogP contribution in [0.25, 0.3) is 10.8 Å². The van der Waals surface area contributed by atoms with Gasteiger partial charge in [-0.1, -0.05) is 55.8 Å². The molecule has 0 atom stereocenters. The van der Waals surface area contributed by atoms with Gasteiger partial charge in [0, 0.05) is 10.9 Å². The van der Waals surface area contributed by atoms with Crippen LogP contribution in [0.5, 0.6) is 5.75 Å². The predicted octanol–water partition coefficient (Wildman–Crippen LogP) is 8.68. The van der Waals surface area contributed by atoms with Crippen LogP contribution >= 0.6 is 0 Å². The highest BCUT2D eigenvalue weighted by Gasteiger charge is 2.30. The van der Waals surface area contributed by atoms with Crippen molar-refractivity contribution in [1.82, 2.24) is 0 Å². The fourth-order valence-corrected chi connectivity index (χ4v) is 4.47. The molecule has 0 aliphatic rings. The van der Waals surface area contributed by atoms with Crippen molar-refractivity contribution in [2.75, 3.05) is 0 Å². The van der Waals surface area contributed by atoms with Crippen LogP contribution < -0.4 is 4.74 Å². The number of fused-ring (bicyclic) bond motifs is 1. The van der Waals surface area contributed by atoms with Crippen LogP contribution in [-0.4, -0.2) is 6.36 Å². The summed E-state index contributed by atoms with van der Waals surface area (Å²) in [5, 5.41) is 1.13. The molecule has 1 nitrogen and oxygen atoms in total. The van der Waals surface area contributed by atoms with Crippen molar-refractivity contribution >= 4 is 10.8 Å². The minimum Gasteiger partial charge on any atom is -0.406 e. The number of hydrogen-bond acceptors (Lipinski definition) is 1. The molecular formula is C30H26F6O. The lowest BCUT2D eigenvalue weighted by Gasteiger charge is -2.11. The summed E-state index contributed by atoms with van der Waals surface area (Å²) in [4.78, 5) is 0. The highest BCUT2D eigenvalue weighted by Crippen LogP contribution is 2.26. The molecule has 194 valence electrons. The molecule has 0 amide bonds. The van der Waals surface area contributed by atoms with Crippen LogP contribution in [-0.2, 0) is 32.1 Å². The summed E-state index contributed by atoms with van der Waals surface area (Å²) in [5.41, 5.74) is 2.79. The SMILES string of the molecule is CCCc1cc(F)c(CCc2ccc3c(F)c(CCc4ccc(OC(F)(F)F)cc4)ccc3c2)c(F)c1. The van der Waals surface area contributed by atoms with Gasteiger partial charge < -0.3 is 4.74 Å². The summed E-state index contributed by atoms with van der Waals surface area (Å²) in [5.74, 6) is -1.74. The van der Waals surface area contributed by atoms with Crippen molar-refractivity contribution in [3.05, 3.63) is 112 Å². The number of aryl methyl sites for hydroxylation is 4. The molecule has 0 aliphatic heterocycles. The normalized spacial score (nSPS) is 11.8. The number of benzene rings is 4. The Morgan fingerprint density at radius 2 is 1.30 bits per heavy atom. The van der Waals surface area contributed by atoms with Gasteiger partial charge in [0.15, 0.2) is 0 Å². The molecule has 4 aromatic carbocycles. The van der Waals surface area contributed by atoms with Crippen molar-refractivity contribution in [2.45, 2.75) is 51.8 Å². The molecule has 0 saturated heterocycles. The fraction of sp³-hybridized carbons (Fsp3) is 0.267. The summed E-state index contributed by atoms with van der Waals surface area (Å²) >= 11 is 0. The minimum atomic E-state index is -4.75. The molecule has 0 saturated carbocycles. The first kappa shape index (κ1) is 26.6. The smallest absolute Gasteiger partial charge is 0.406 e. The van der Waals surface area contributed by atoms with E-state index in [2.05, 4.69) is 4.74 Å². The molecule has 4 rings (SSSR count). The second kappa shape index (κ2) is 11.3. The summed E-state index contributed by atoms with van der Waals surface area (Å²) < 4.78 is 84.8. The van der Waals surface area contributed by atoms with E-state index in [4.69, 9.17) is 0 Å². The minimum absolute atomic E-state index is 0.0551. The van der Waals surface area contributed by atoms with Gasteiger partial charge in [-0.2, -0.15) is 0 Å². The zero-order valence-corrected chi connectivity index (χ0v) is 20.3. The first-order valence-corrected chi connectivity index (χ1v) is 12.1. The van der Waals surface area contributed by atoms with Crippen molar-refractivity contribution in [2.24, 2.45) is 0 Å². The van der Waals surface area contributed by atoms with Crippen LogP contribution in [0.2, 0.25) is 0 Å². The van der Waals surface area contributed by atoms with Gasteiger partial charge in [-0.15, -0.1) is 13.2 Å². The van der Waals surface area contributed by atoms with Crippen molar-refractivity contribution in [3.8, 4) is 5.75 Å². The quantitative estimate of drug-likeness (QED) is 0.202. The topological polar surface area (TPSA) is 9.23 Å². The summed E-state index contributed by atoms with van der Waals surface area (Å²) in [6.45, 7) is 1.95. The number of hydrogen-bond donors (Lipinski definition) is 0. The van der Waals surface area contributed by atoms with Gasteiger partial charge in [0.25, 0.3) is 0 Å². The molecule has 0 N–H and O–H groups in total. The second-order valence-corrected chi connectivity index (χ2v) is 9.07. The monoisotopic (exact) mass is 516 g/mol. The Morgan fingerprint density at radius 3 is 1.95 bits per heavy atom. The van der Waals surface area contributed by atoms with Gasteiger partial charge in [0.2, 0.25) is 0 Å². The van der Waals surface area contributed by atoms with E-state index in [9.17, 15) is 22.0 Å². The molecule has 0 radical (unpaired) electrons. The molecule has 0 fully saturated rings. The average Bonchev–Trinajstić information content (AvgIpc) is 2.83. The van der Waals surface area contributed by atoms with E-state index in [0.717, 1.165) is 17.5 Å². The van der Waals surface area contributed by atoms with Crippen molar-refractivity contribution in [1.29, 1.82) is 0 Å². The molecule has 0 unspecified atom stereocenters. The van der Waals surface area contributed by atoms with E-state index >= 15 is 4.39 Å².